The van der Waals surface area contributed by atoms with Gasteiger partial charge in [-0.3, -0.25) is 4.57 Å². The first-order valence-electron chi connectivity index (χ1n) is 10.6. The van der Waals surface area contributed by atoms with Gasteiger partial charge in [-0.15, -0.1) is 0 Å². The van der Waals surface area contributed by atoms with Crippen molar-refractivity contribution < 1.29 is 37.3 Å². The number of carboxylic acids is 1. The van der Waals surface area contributed by atoms with Crippen molar-refractivity contribution in [1.82, 2.24) is 4.57 Å². The van der Waals surface area contributed by atoms with Gasteiger partial charge in [0.1, 0.15) is 11.5 Å². The third-order valence-electron chi connectivity index (χ3n) is 6.14. The van der Waals surface area contributed by atoms with E-state index in [-0.39, 0.29) is 43.8 Å². The molecule has 12 heteroatoms. The molecule has 0 spiro atoms. The van der Waals surface area contributed by atoms with Gasteiger partial charge in [0.05, 0.1) is 16.1 Å². The van der Waals surface area contributed by atoms with Crippen molar-refractivity contribution >= 4 is 40.3 Å². The van der Waals surface area contributed by atoms with Crippen molar-refractivity contribution in [2.75, 3.05) is 0 Å². The lowest BCUT2D eigenvalue weighted by atomic mass is 9.77. The summed E-state index contributed by atoms with van der Waals surface area (Å²) in [5.74, 6) is -3.24. The molecular formula is C25H18Cl2F3NO6. The van der Waals surface area contributed by atoms with E-state index >= 15 is 0 Å². The molecule has 2 atom stereocenters. The molecule has 0 saturated carbocycles. The zero-order chi connectivity index (χ0) is 27.3. The number of benzene rings is 3. The number of halogens is 5. The molecule has 7 nitrogen and oxygen atoms in total. The normalized spacial score (nSPS) is 14.4. The number of alkyl halides is 3. The summed E-state index contributed by atoms with van der Waals surface area (Å²) < 4.78 is 54.8. The predicted octanol–water partition coefficient (Wildman–Crippen LogP) is 6.48. The predicted molar refractivity (Wildman–Crippen MR) is 130 cm³/mol. The lowest BCUT2D eigenvalue weighted by molar-refractivity contribution is -0.274. The molecule has 0 bridgehead atoms. The van der Waals surface area contributed by atoms with Gasteiger partial charge >= 0.3 is 17.9 Å². The van der Waals surface area contributed by atoms with Gasteiger partial charge < -0.3 is 19.4 Å². The molecule has 0 aliphatic heterocycles. The number of nitrogens with zero attached hydrogens (tertiary/aromatic N) is 1. The Morgan fingerprint density at radius 2 is 1.65 bits per heavy atom. The smallest absolute Gasteiger partial charge is 0.422 e. The summed E-state index contributed by atoms with van der Waals surface area (Å²) in [6.07, 6.45) is -5.12. The van der Waals surface area contributed by atoms with Crippen LogP contribution in [0.15, 0.2) is 63.8 Å². The van der Waals surface area contributed by atoms with Crippen molar-refractivity contribution in [3.8, 4) is 11.5 Å². The molecule has 4 aromatic rings. The zero-order valence-electron chi connectivity index (χ0n) is 19.1. The van der Waals surface area contributed by atoms with Crippen LogP contribution in [0.4, 0.5) is 13.2 Å². The van der Waals surface area contributed by atoms with Crippen LogP contribution in [0.25, 0.3) is 11.1 Å². The Hall–Kier alpha value is -3.47. The number of hydrogen-bond acceptors (Lipinski definition) is 5. The molecule has 2 N–H and O–H groups in total. The second-order valence-corrected chi connectivity index (χ2v) is 9.14. The van der Waals surface area contributed by atoms with Crippen LogP contribution in [-0.2, 0) is 12.6 Å². The number of fused-ring (bicyclic) bond motifs is 1. The van der Waals surface area contributed by atoms with Crippen molar-refractivity contribution in [2.45, 2.75) is 24.6 Å². The number of carbonyl (C=O) groups is 1. The van der Waals surface area contributed by atoms with Gasteiger partial charge in [-0.25, -0.2) is 9.59 Å². The zero-order valence-corrected chi connectivity index (χ0v) is 20.6. The summed E-state index contributed by atoms with van der Waals surface area (Å²) in [4.78, 5) is 22.9. The van der Waals surface area contributed by atoms with Gasteiger partial charge in [0.2, 0.25) is 0 Å². The molecule has 0 aliphatic rings. The highest BCUT2D eigenvalue weighted by molar-refractivity contribution is 6.33. The minimum atomic E-state index is -5.12. The summed E-state index contributed by atoms with van der Waals surface area (Å²) >= 11 is 12.3. The number of ether oxygens (including phenoxy) is 1. The van der Waals surface area contributed by atoms with Gasteiger partial charge in [-0.05, 0) is 47.5 Å². The van der Waals surface area contributed by atoms with Crippen molar-refractivity contribution in [1.29, 1.82) is 0 Å². The number of aliphatic hydroxyl groups is 1. The van der Waals surface area contributed by atoms with E-state index in [1.807, 2.05) is 0 Å². The van der Waals surface area contributed by atoms with Crippen LogP contribution in [0.3, 0.4) is 0 Å². The van der Waals surface area contributed by atoms with E-state index in [1.165, 1.54) is 56.4 Å². The molecule has 0 amide bonds. The van der Waals surface area contributed by atoms with Crippen LogP contribution in [0, 0.1) is 0 Å². The molecule has 0 radical (unpaired) electrons. The molecule has 37 heavy (non-hydrogen) atoms. The van der Waals surface area contributed by atoms with Gasteiger partial charge in [0, 0.05) is 24.1 Å². The highest BCUT2D eigenvalue weighted by atomic mass is 35.5. The second kappa shape index (κ2) is 9.44. The lowest BCUT2D eigenvalue weighted by Crippen LogP contribution is -2.46. The molecule has 0 saturated heterocycles. The molecule has 3 aromatic carbocycles. The molecular weight excluding hydrogens is 538 g/mol. The fourth-order valence-corrected chi connectivity index (χ4v) is 4.62. The SMILES string of the molecule is CC(c1ccc(Oc2ccc(C(=O)O)c(Cl)c2)cc1Cl)C(O)(c1ccc2oc(=O)n(C)c2c1)C(F)(F)F. The van der Waals surface area contributed by atoms with Crippen LogP contribution in [-0.4, -0.2) is 26.9 Å². The number of hydrogen-bond donors (Lipinski definition) is 2. The Labute approximate surface area is 217 Å². The van der Waals surface area contributed by atoms with Crippen molar-refractivity contribution in [2.24, 2.45) is 7.05 Å². The van der Waals surface area contributed by atoms with E-state index in [4.69, 9.17) is 37.5 Å². The van der Waals surface area contributed by atoms with Gasteiger partial charge in [-0.2, -0.15) is 13.2 Å². The first-order chi connectivity index (χ1) is 17.2. The number of aromatic nitrogens is 1. The number of oxazole rings is 1. The average molecular weight is 556 g/mol. The summed E-state index contributed by atoms with van der Waals surface area (Å²) in [6, 6.07) is 11.1. The average Bonchev–Trinajstić information content (AvgIpc) is 3.10. The summed E-state index contributed by atoms with van der Waals surface area (Å²) in [5, 5.41) is 20.0. The number of rotatable bonds is 6. The third-order valence-corrected chi connectivity index (χ3v) is 6.78. The Morgan fingerprint density at radius 3 is 2.22 bits per heavy atom. The monoisotopic (exact) mass is 555 g/mol. The number of aromatic carboxylic acids is 1. The molecule has 1 aromatic heterocycles. The second-order valence-electron chi connectivity index (χ2n) is 8.33. The largest absolute Gasteiger partial charge is 0.478 e. The molecule has 0 fully saturated rings. The molecule has 0 aliphatic carbocycles. The third kappa shape index (κ3) is 4.68. The van der Waals surface area contributed by atoms with Crippen LogP contribution in [0.1, 0.15) is 34.3 Å². The highest BCUT2D eigenvalue weighted by Crippen LogP contribution is 2.50. The number of carboxylic acid groups (broad SMARTS) is 1. The first kappa shape index (κ1) is 26.6. The van der Waals surface area contributed by atoms with E-state index in [9.17, 15) is 27.9 Å². The van der Waals surface area contributed by atoms with Gasteiger partial charge in [0.15, 0.2) is 11.2 Å². The minimum Gasteiger partial charge on any atom is -0.478 e. The summed E-state index contributed by atoms with van der Waals surface area (Å²) in [6.45, 7) is 1.18. The first-order valence-corrected chi connectivity index (χ1v) is 11.4. The van der Waals surface area contributed by atoms with Crippen LogP contribution in [0.2, 0.25) is 10.0 Å². The lowest BCUT2D eigenvalue weighted by Gasteiger charge is -2.37. The fraction of sp³-hybridized carbons (Fsp3) is 0.200. The Kier molecular flexibility index (Phi) is 6.78. The Bertz CT molecular complexity index is 1580. The maximum atomic E-state index is 14.4. The van der Waals surface area contributed by atoms with E-state index in [1.54, 1.807) is 0 Å². The molecule has 2 unspecified atom stereocenters. The highest BCUT2D eigenvalue weighted by Gasteiger charge is 2.59. The molecule has 1 heterocycles. The summed E-state index contributed by atoms with van der Waals surface area (Å²) in [5.41, 5.74) is -3.86. The van der Waals surface area contributed by atoms with Crippen LogP contribution in [0.5, 0.6) is 11.5 Å². The van der Waals surface area contributed by atoms with Crippen LogP contribution < -0.4 is 10.5 Å². The topological polar surface area (TPSA) is 102 Å². The van der Waals surface area contributed by atoms with Gasteiger partial charge in [0.25, 0.3) is 0 Å². The van der Waals surface area contributed by atoms with Gasteiger partial charge in [-0.1, -0.05) is 42.3 Å². The van der Waals surface area contributed by atoms with Crippen LogP contribution >= 0.6 is 23.2 Å². The van der Waals surface area contributed by atoms with E-state index in [0.29, 0.717) is 0 Å². The fourth-order valence-electron chi connectivity index (χ4n) is 4.04. The minimum absolute atomic E-state index is 0.0192. The molecule has 4 rings (SSSR count). The number of aryl methyl sites for hydroxylation is 1. The van der Waals surface area contributed by atoms with E-state index in [2.05, 4.69) is 0 Å². The molecule has 194 valence electrons. The standard InChI is InChI=1S/C25H18Cl2F3NO6/c1-12(24(35,25(28,29)30)13-3-8-21-20(9-13)31(2)23(34)37-21)16-6-4-14(10-18(16)26)36-15-5-7-17(22(32)33)19(27)11-15/h3-12,35H,1-2H3,(H,32,33). The Morgan fingerprint density at radius 1 is 1.03 bits per heavy atom. The van der Waals surface area contributed by atoms with E-state index in [0.717, 1.165) is 16.7 Å². The van der Waals surface area contributed by atoms with Crippen molar-refractivity contribution in [3.63, 3.8) is 0 Å². The maximum absolute atomic E-state index is 14.4. The van der Waals surface area contributed by atoms with E-state index < -0.39 is 35.0 Å². The maximum Gasteiger partial charge on any atom is 0.422 e. The summed E-state index contributed by atoms with van der Waals surface area (Å²) in [7, 11) is 1.34. The Balaban J connectivity index is 1.71. The van der Waals surface area contributed by atoms with Crippen molar-refractivity contribution in [3.05, 3.63) is 91.9 Å². The quantitative estimate of drug-likeness (QED) is 0.282.